The molecule has 0 atom stereocenters. The number of anilines is 1. The Bertz CT molecular complexity index is 1690. The maximum atomic E-state index is 12.8. The minimum absolute atomic E-state index is 0.0519. The van der Waals surface area contributed by atoms with E-state index in [0.29, 0.717) is 10.0 Å². The molecule has 212 valence electrons. The van der Waals surface area contributed by atoms with Gasteiger partial charge in [-0.05, 0) is 78.9 Å². The average molecular weight is 645 g/mol. The van der Waals surface area contributed by atoms with Crippen molar-refractivity contribution in [2.24, 2.45) is 5.10 Å². The van der Waals surface area contributed by atoms with Crippen molar-refractivity contribution in [2.75, 3.05) is 5.32 Å². The molecule has 0 unspecified atom stereocenters. The van der Waals surface area contributed by atoms with E-state index in [1.807, 2.05) is 0 Å². The van der Waals surface area contributed by atoms with Crippen molar-refractivity contribution in [3.8, 4) is 11.5 Å². The summed E-state index contributed by atoms with van der Waals surface area (Å²) < 4.78 is 10.9. The molecule has 0 fully saturated rings. The zero-order valence-electron chi connectivity index (χ0n) is 21.1. The number of carbonyl (C=O) groups is 4. The van der Waals surface area contributed by atoms with Gasteiger partial charge in [0.15, 0.2) is 0 Å². The molecular weight excluding hydrogens is 628 g/mol. The predicted molar refractivity (Wildman–Crippen MR) is 160 cm³/mol. The van der Waals surface area contributed by atoms with Crippen molar-refractivity contribution in [2.45, 2.75) is 0 Å². The molecule has 0 spiro atoms. The predicted octanol–water partition coefficient (Wildman–Crippen LogP) is 6.83. The van der Waals surface area contributed by atoms with E-state index in [2.05, 4.69) is 15.8 Å². The number of benzene rings is 4. The lowest BCUT2D eigenvalue weighted by Crippen LogP contribution is -2.32. The quantitative estimate of drug-likeness (QED) is 0.0748. The van der Waals surface area contributed by atoms with E-state index in [1.165, 1.54) is 84.9 Å². The fourth-order valence-corrected chi connectivity index (χ4v) is 3.79. The standard InChI is InChI=1S/C29H17Cl4N3O6/c30-19-6-1-16(2-7-19)28(39)41-22-11-5-18(25(14-22)42-29(40)17-3-8-20(31)9-4-17)15-34-36-27(38)26(37)35-21-10-12-23(32)24(33)13-21/h1-15H,(H,35,37)(H,36,38)/b34-15+. The lowest BCUT2D eigenvalue weighted by atomic mass is 10.2. The van der Waals surface area contributed by atoms with Gasteiger partial charge in [-0.1, -0.05) is 46.4 Å². The van der Waals surface area contributed by atoms with E-state index in [-0.39, 0.29) is 43.9 Å². The maximum absolute atomic E-state index is 12.8. The lowest BCUT2D eigenvalue weighted by molar-refractivity contribution is -0.136. The van der Waals surface area contributed by atoms with E-state index in [0.717, 1.165) is 6.21 Å². The van der Waals surface area contributed by atoms with Gasteiger partial charge in [0.25, 0.3) is 0 Å². The summed E-state index contributed by atoms with van der Waals surface area (Å²) in [6.07, 6.45) is 1.14. The Morgan fingerprint density at radius 1 is 0.643 bits per heavy atom. The van der Waals surface area contributed by atoms with Gasteiger partial charge in [0, 0.05) is 27.4 Å². The molecule has 0 aliphatic carbocycles. The molecule has 9 nitrogen and oxygen atoms in total. The van der Waals surface area contributed by atoms with Crippen LogP contribution in [0.5, 0.6) is 11.5 Å². The van der Waals surface area contributed by atoms with Crippen molar-refractivity contribution in [3.05, 3.63) is 122 Å². The van der Waals surface area contributed by atoms with Gasteiger partial charge in [-0.15, -0.1) is 0 Å². The van der Waals surface area contributed by atoms with Crippen molar-refractivity contribution in [1.29, 1.82) is 0 Å². The van der Waals surface area contributed by atoms with Crippen LogP contribution < -0.4 is 20.2 Å². The van der Waals surface area contributed by atoms with Crippen LogP contribution in [0.25, 0.3) is 0 Å². The third kappa shape index (κ3) is 8.31. The number of hydrogen-bond donors (Lipinski definition) is 2. The van der Waals surface area contributed by atoms with Crippen LogP contribution in [-0.2, 0) is 9.59 Å². The van der Waals surface area contributed by atoms with Crippen molar-refractivity contribution in [1.82, 2.24) is 5.43 Å². The highest BCUT2D eigenvalue weighted by atomic mass is 35.5. The third-order valence-corrected chi connectivity index (χ3v) is 6.55. The molecular formula is C29H17Cl4N3O6. The van der Waals surface area contributed by atoms with Gasteiger partial charge >= 0.3 is 23.8 Å². The van der Waals surface area contributed by atoms with Gasteiger partial charge < -0.3 is 14.8 Å². The Balaban J connectivity index is 1.51. The van der Waals surface area contributed by atoms with Crippen LogP contribution in [0.15, 0.2) is 90.0 Å². The SMILES string of the molecule is O=C(N/N=C/c1ccc(OC(=O)c2ccc(Cl)cc2)cc1OC(=O)c1ccc(Cl)cc1)C(=O)Nc1ccc(Cl)c(Cl)c1. The average Bonchev–Trinajstić information content (AvgIpc) is 2.96. The zero-order valence-corrected chi connectivity index (χ0v) is 24.1. The molecule has 0 aliphatic heterocycles. The fourth-order valence-electron chi connectivity index (χ4n) is 3.24. The van der Waals surface area contributed by atoms with Gasteiger partial charge in [0.2, 0.25) is 0 Å². The largest absolute Gasteiger partial charge is 0.423 e. The van der Waals surface area contributed by atoms with Crippen LogP contribution >= 0.6 is 46.4 Å². The fraction of sp³-hybridized carbons (Fsp3) is 0. The molecule has 13 heteroatoms. The Morgan fingerprint density at radius 3 is 1.83 bits per heavy atom. The van der Waals surface area contributed by atoms with E-state index in [4.69, 9.17) is 55.9 Å². The topological polar surface area (TPSA) is 123 Å². The van der Waals surface area contributed by atoms with Crippen LogP contribution in [0.3, 0.4) is 0 Å². The summed E-state index contributed by atoms with van der Waals surface area (Å²) in [6.45, 7) is 0. The first-order valence-corrected chi connectivity index (χ1v) is 13.3. The van der Waals surface area contributed by atoms with Crippen LogP contribution in [0, 0.1) is 0 Å². The number of carbonyl (C=O) groups excluding carboxylic acids is 4. The second-order valence-corrected chi connectivity index (χ2v) is 9.96. The summed E-state index contributed by atoms with van der Waals surface area (Å²) in [5, 5.41) is 7.48. The highest BCUT2D eigenvalue weighted by molar-refractivity contribution is 6.43. The first kappa shape index (κ1) is 30.5. The molecule has 0 bridgehead atoms. The van der Waals surface area contributed by atoms with Gasteiger partial charge in [-0.2, -0.15) is 5.10 Å². The second kappa shape index (κ2) is 14.0. The number of ether oxygens (including phenoxy) is 2. The molecule has 42 heavy (non-hydrogen) atoms. The first-order valence-electron chi connectivity index (χ1n) is 11.8. The van der Waals surface area contributed by atoms with Crippen LogP contribution in [0.2, 0.25) is 20.1 Å². The first-order chi connectivity index (χ1) is 20.1. The summed E-state index contributed by atoms with van der Waals surface area (Å²) in [4.78, 5) is 49.8. The molecule has 2 amide bonds. The number of rotatable bonds is 7. The number of amides is 2. The molecule has 0 aromatic heterocycles. The molecule has 4 aromatic rings. The summed E-state index contributed by atoms with van der Waals surface area (Å²) in [7, 11) is 0. The van der Waals surface area contributed by atoms with Gasteiger partial charge in [0.05, 0.1) is 27.4 Å². The van der Waals surface area contributed by atoms with Gasteiger partial charge in [0.1, 0.15) is 11.5 Å². The molecule has 2 N–H and O–H groups in total. The number of hydrazone groups is 1. The molecule has 0 aliphatic rings. The van der Waals surface area contributed by atoms with Crippen LogP contribution in [0.1, 0.15) is 26.3 Å². The normalized spacial score (nSPS) is 10.7. The Morgan fingerprint density at radius 2 is 1.24 bits per heavy atom. The van der Waals surface area contributed by atoms with Crippen LogP contribution in [-0.4, -0.2) is 30.0 Å². The van der Waals surface area contributed by atoms with Gasteiger partial charge in [-0.25, -0.2) is 15.0 Å². The Labute approximate surface area is 258 Å². The zero-order chi connectivity index (χ0) is 30.2. The number of esters is 2. The maximum Gasteiger partial charge on any atom is 0.343 e. The Hall–Kier alpha value is -4.41. The summed E-state index contributed by atoms with van der Waals surface area (Å²) in [5.74, 6) is -3.54. The highest BCUT2D eigenvalue weighted by Crippen LogP contribution is 2.27. The third-order valence-electron chi connectivity index (χ3n) is 5.31. The number of nitrogens with zero attached hydrogens (tertiary/aromatic N) is 1. The molecule has 0 saturated heterocycles. The molecule has 0 heterocycles. The minimum atomic E-state index is -1.09. The highest BCUT2D eigenvalue weighted by Gasteiger charge is 2.16. The lowest BCUT2D eigenvalue weighted by Gasteiger charge is -2.11. The van der Waals surface area contributed by atoms with E-state index >= 15 is 0 Å². The second-order valence-electron chi connectivity index (χ2n) is 8.27. The molecule has 4 aromatic carbocycles. The summed E-state index contributed by atoms with van der Waals surface area (Å²) in [6, 6.07) is 20.5. The molecule has 0 radical (unpaired) electrons. The summed E-state index contributed by atoms with van der Waals surface area (Å²) >= 11 is 23.5. The van der Waals surface area contributed by atoms with Gasteiger partial charge in [-0.3, -0.25) is 9.59 Å². The van der Waals surface area contributed by atoms with Crippen molar-refractivity contribution < 1.29 is 28.7 Å². The Kier molecular flexibility index (Phi) is 10.2. The van der Waals surface area contributed by atoms with Crippen molar-refractivity contribution in [3.63, 3.8) is 0 Å². The van der Waals surface area contributed by atoms with E-state index in [1.54, 1.807) is 0 Å². The monoisotopic (exact) mass is 643 g/mol. The van der Waals surface area contributed by atoms with Crippen molar-refractivity contribution >= 4 is 82.1 Å². The number of nitrogens with one attached hydrogen (secondary N) is 2. The molecule has 0 saturated carbocycles. The van der Waals surface area contributed by atoms with Crippen LogP contribution in [0.4, 0.5) is 5.69 Å². The smallest absolute Gasteiger partial charge is 0.343 e. The van der Waals surface area contributed by atoms with E-state index < -0.39 is 23.8 Å². The number of hydrogen-bond acceptors (Lipinski definition) is 7. The van der Waals surface area contributed by atoms with E-state index in [9.17, 15) is 19.2 Å². The summed E-state index contributed by atoms with van der Waals surface area (Å²) in [5.41, 5.74) is 2.96. The minimum Gasteiger partial charge on any atom is -0.423 e. The number of halogens is 4. The molecule has 4 rings (SSSR count).